The van der Waals surface area contributed by atoms with Crippen molar-refractivity contribution >= 4 is 17.7 Å². The quantitative estimate of drug-likeness (QED) is 0.838. The molecule has 1 aromatic rings. The smallest absolute Gasteiger partial charge is 0.243 e. The Morgan fingerprint density at radius 2 is 2.05 bits per heavy atom. The van der Waals surface area contributed by atoms with Crippen LogP contribution in [-0.4, -0.2) is 28.7 Å². The lowest BCUT2D eigenvalue weighted by atomic mass is 10.2. The van der Waals surface area contributed by atoms with Gasteiger partial charge in [-0.25, -0.2) is 4.39 Å². The van der Waals surface area contributed by atoms with Crippen LogP contribution in [0.5, 0.6) is 0 Å². The zero-order valence-electron chi connectivity index (χ0n) is 16.4. The maximum atomic E-state index is 13.8. The Morgan fingerprint density at radius 3 is 2.65 bits per heavy atom. The van der Waals surface area contributed by atoms with Crippen molar-refractivity contribution in [2.75, 3.05) is 0 Å². The summed E-state index contributed by atoms with van der Waals surface area (Å²) in [6.07, 6.45) is -6.33. The van der Waals surface area contributed by atoms with Gasteiger partial charge in [-0.05, 0) is 13.0 Å². The lowest BCUT2D eigenvalue weighted by Gasteiger charge is -2.21. The van der Waals surface area contributed by atoms with Crippen LogP contribution in [0.15, 0.2) is 24.3 Å². The number of rotatable bonds is 4. The van der Waals surface area contributed by atoms with Crippen LogP contribution in [0.3, 0.4) is 0 Å². The van der Waals surface area contributed by atoms with Crippen LogP contribution in [-0.2, 0) is 20.9 Å². The highest BCUT2D eigenvalue weighted by atomic mass is 19.1. The molecule has 0 radical (unpaired) electrons. The van der Waals surface area contributed by atoms with Crippen LogP contribution < -0.4 is 5.32 Å². The molecule has 1 fully saturated rings. The van der Waals surface area contributed by atoms with E-state index in [0.29, 0.717) is 0 Å². The first-order valence-electron chi connectivity index (χ1n) is 8.70. The summed E-state index contributed by atoms with van der Waals surface area (Å²) in [7, 11) is 0. The number of nitrogens with zero attached hydrogens (tertiary/aromatic N) is 1. The van der Waals surface area contributed by atoms with E-state index in [-0.39, 0.29) is 4.90 Å². The van der Waals surface area contributed by atoms with Gasteiger partial charge in [-0.15, -0.1) is 0 Å². The number of hydrogen-bond donors (Lipinski definition) is 1. The summed E-state index contributed by atoms with van der Waals surface area (Å²) in [6.45, 7) is -1.67. The number of nitrogens with one attached hydrogen (secondary N) is 1. The number of carbonyl (C=O) groups excluding carboxylic acids is 3. The van der Waals surface area contributed by atoms with Crippen molar-refractivity contribution in [3.63, 3.8) is 0 Å². The Balaban J connectivity index is 2.27. The minimum Gasteiger partial charge on any atom is -0.350 e. The van der Waals surface area contributed by atoms with E-state index in [1.54, 1.807) is 0 Å². The predicted molar refractivity (Wildman–Crippen MR) is 68.8 cm³/mol. The molecule has 0 spiro atoms. The molecule has 1 aliphatic rings. The molecular weight excluding hydrogens is 263 g/mol. The Kier molecular flexibility index (Phi) is 2.37. The lowest BCUT2D eigenvalue weighted by molar-refractivity contribution is -0.146. The maximum Gasteiger partial charge on any atom is 0.243 e. The summed E-state index contributed by atoms with van der Waals surface area (Å²) in [6, 6.07) is 3.06. The molecular formula is C14H15FN2O3. The van der Waals surface area contributed by atoms with Crippen LogP contribution in [0, 0.1) is 5.82 Å². The molecule has 6 heteroatoms. The second-order valence-corrected chi connectivity index (χ2v) is 4.00. The molecule has 1 aliphatic heterocycles. The lowest BCUT2D eigenvalue weighted by Crippen LogP contribution is -2.47. The van der Waals surface area contributed by atoms with E-state index in [9.17, 15) is 18.8 Å². The summed E-state index contributed by atoms with van der Waals surface area (Å²) in [5.41, 5.74) is -0.481. The van der Waals surface area contributed by atoms with Crippen molar-refractivity contribution in [2.45, 2.75) is 32.2 Å². The van der Waals surface area contributed by atoms with Gasteiger partial charge in [0, 0.05) is 30.3 Å². The van der Waals surface area contributed by atoms with Gasteiger partial charge >= 0.3 is 0 Å². The first kappa shape index (κ1) is 8.14. The molecule has 1 heterocycles. The van der Waals surface area contributed by atoms with E-state index in [1.807, 2.05) is 5.32 Å². The van der Waals surface area contributed by atoms with Crippen molar-refractivity contribution in [1.29, 1.82) is 0 Å². The zero-order valence-corrected chi connectivity index (χ0v) is 10.4. The molecule has 0 bridgehead atoms. The van der Waals surface area contributed by atoms with Gasteiger partial charge in [-0.2, -0.15) is 0 Å². The number of benzene rings is 1. The first-order chi connectivity index (χ1) is 11.7. The fourth-order valence-electron chi connectivity index (χ4n) is 1.58. The zero-order chi connectivity index (χ0) is 20.1. The Hall–Kier alpha value is -2.24. The summed E-state index contributed by atoms with van der Waals surface area (Å²) in [5.74, 6) is -5.22. The van der Waals surface area contributed by atoms with Crippen molar-refractivity contribution in [3.8, 4) is 0 Å². The predicted octanol–water partition coefficient (Wildman–Crippen LogP) is 0.979. The molecule has 0 saturated carbocycles. The molecule has 5 nitrogen and oxygen atoms in total. The topological polar surface area (TPSA) is 66.5 Å². The molecule has 3 amide bonds. The molecule has 1 aromatic carbocycles. The van der Waals surface area contributed by atoms with Crippen LogP contribution in [0.4, 0.5) is 4.39 Å². The van der Waals surface area contributed by atoms with Gasteiger partial charge in [0.05, 0.1) is 2.74 Å². The van der Waals surface area contributed by atoms with Gasteiger partial charge in [0.2, 0.25) is 17.7 Å². The molecule has 1 saturated heterocycles. The number of halogens is 1. The van der Waals surface area contributed by atoms with Crippen LogP contribution in [0.1, 0.15) is 33.5 Å². The highest BCUT2D eigenvalue weighted by molar-refractivity contribution is 6.05. The Labute approximate surface area is 124 Å². The molecule has 106 valence electrons. The normalized spacial score (nSPS) is 26.6. The van der Waals surface area contributed by atoms with Crippen molar-refractivity contribution in [2.24, 2.45) is 0 Å². The van der Waals surface area contributed by atoms with E-state index < -0.39 is 54.4 Å². The number of hydrogen-bond acceptors (Lipinski definition) is 3. The number of imide groups is 1. The largest absolute Gasteiger partial charge is 0.350 e. The third-order valence-electron chi connectivity index (χ3n) is 2.67. The second kappa shape index (κ2) is 5.81. The molecule has 1 atom stereocenters. The van der Waals surface area contributed by atoms with Gasteiger partial charge < -0.3 is 5.32 Å². The highest BCUT2D eigenvalue weighted by Gasteiger charge is 2.35. The first-order valence-corrected chi connectivity index (χ1v) is 5.70. The summed E-state index contributed by atoms with van der Waals surface area (Å²) in [4.78, 5) is 36.5. The minimum absolute atomic E-state index is 0.118. The molecule has 0 aromatic heterocycles. The second-order valence-electron chi connectivity index (χ2n) is 4.00. The fraction of sp³-hybridized carbons (Fsp3) is 0.357. The number of likely N-dealkylation sites (tertiary alicyclic amines) is 1. The van der Waals surface area contributed by atoms with Gasteiger partial charge in [0.25, 0.3) is 0 Å². The van der Waals surface area contributed by atoms with Crippen molar-refractivity contribution in [1.82, 2.24) is 10.2 Å². The molecule has 20 heavy (non-hydrogen) atoms. The van der Waals surface area contributed by atoms with Crippen molar-refractivity contribution < 1.29 is 27.0 Å². The van der Waals surface area contributed by atoms with Gasteiger partial charge in [-0.1, -0.05) is 18.2 Å². The highest BCUT2D eigenvalue weighted by Crippen LogP contribution is 2.15. The average molecular weight is 284 g/mol. The fourth-order valence-corrected chi connectivity index (χ4v) is 1.58. The van der Waals surface area contributed by atoms with E-state index in [4.69, 9.17) is 8.22 Å². The molecule has 2 rings (SSSR count). The molecule has 1 N–H and O–H groups in total. The summed E-state index contributed by atoms with van der Waals surface area (Å²) >= 11 is 0. The number of amides is 3. The third kappa shape index (κ3) is 2.84. The monoisotopic (exact) mass is 284 g/mol. The van der Waals surface area contributed by atoms with E-state index >= 15 is 0 Å². The van der Waals surface area contributed by atoms with Crippen LogP contribution >= 0.6 is 0 Å². The van der Waals surface area contributed by atoms with E-state index in [0.717, 1.165) is 19.1 Å². The minimum atomic E-state index is -3.16. The Bertz CT molecular complexity index is 760. The van der Waals surface area contributed by atoms with E-state index in [2.05, 4.69) is 0 Å². The standard InChI is InChI=1S/C14H15FN2O3/c1-9(17-12(18)6-7-13(17)19)14(20)16-8-10-4-2-3-5-11(10)15/h2-5,9H,6-8H2,1H3,(H,16,20)/t9-/m1/s1/i6D2,7D2,8D2. The van der Waals surface area contributed by atoms with Crippen LogP contribution in [0.25, 0.3) is 0 Å². The number of carbonyl (C=O) groups is 3. The average Bonchev–Trinajstić information content (AvgIpc) is 2.64. The SMILES string of the molecule is [2H]C([2H])(NC(=O)[C@@H](C)N1C(=O)C([2H])([2H])C([2H])([2H])C1=O)c1ccccc1F. The van der Waals surface area contributed by atoms with Crippen molar-refractivity contribution in [3.05, 3.63) is 35.6 Å². The van der Waals surface area contributed by atoms with E-state index in [1.165, 1.54) is 12.1 Å². The third-order valence-corrected chi connectivity index (χ3v) is 2.67. The Morgan fingerprint density at radius 1 is 1.45 bits per heavy atom. The summed E-state index contributed by atoms with van der Waals surface area (Å²) in [5, 5.41) is 1.85. The maximum absolute atomic E-state index is 13.8. The van der Waals surface area contributed by atoms with Crippen LogP contribution in [0.2, 0.25) is 0 Å². The van der Waals surface area contributed by atoms with Gasteiger partial charge in [0.1, 0.15) is 11.9 Å². The summed E-state index contributed by atoms with van der Waals surface area (Å²) < 4.78 is 59.2. The molecule has 0 unspecified atom stereocenters. The van der Waals surface area contributed by atoms with Gasteiger partial charge in [0.15, 0.2) is 0 Å². The van der Waals surface area contributed by atoms with Gasteiger partial charge in [-0.3, -0.25) is 19.3 Å². The molecule has 0 aliphatic carbocycles.